The summed E-state index contributed by atoms with van der Waals surface area (Å²) in [7, 11) is 2.02. The van der Waals surface area contributed by atoms with E-state index >= 15 is 0 Å². The van der Waals surface area contributed by atoms with E-state index in [4.69, 9.17) is 0 Å². The lowest BCUT2D eigenvalue weighted by molar-refractivity contribution is 0.194. The lowest BCUT2D eigenvalue weighted by atomic mass is 10.0. The highest BCUT2D eigenvalue weighted by Crippen LogP contribution is 2.20. The van der Waals surface area contributed by atoms with Crippen molar-refractivity contribution in [3.05, 3.63) is 29.6 Å². The maximum atomic E-state index is 13.4. The SMILES string of the molecule is CN1CCCCC1CNc1cc(F)c(F)cc1F. The van der Waals surface area contributed by atoms with Crippen LogP contribution in [0.1, 0.15) is 19.3 Å². The molecule has 18 heavy (non-hydrogen) atoms. The molecule has 0 amide bonds. The van der Waals surface area contributed by atoms with E-state index in [0.717, 1.165) is 25.5 Å². The van der Waals surface area contributed by atoms with E-state index in [-0.39, 0.29) is 5.69 Å². The Bertz CT molecular complexity index is 423. The van der Waals surface area contributed by atoms with Crippen LogP contribution in [0.3, 0.4) is 0 Å². The van der Waals surface area contributed by atoms with Gasteiger partial charge >= 0.3 is 0 Å². The third kappa shape index (κ3) is 2.96. The van der Waals surface area contributed by atoms with Gasteiger partial charge in [-0.2, -0.15) is 0 Å². The molecule has 1 aliphatic rings. The number of halogens is 3. The van der Waals surface area contributed by atoms with E-state index in [2.05, 4.69) is 10.2 Å². The van der Waals surface area contributed by atoms with Gasteiger partial charge in [0.1, 0.15) is 5.82 Å². The Kier molecular flexibility index (Phi) is 4.11. The molecule has 0 bridgehead atoms. The first kappa shape index (κ1) is 13.2. The predicted molar refractivity (Wildman–Crippen MR) is 65.1 cm³/mol. The van der Waals surface area contributed by atoms with Crippen molar-refractivity contribution in [2.24, 2.45) is 0 Å². The molecule has 1 unspecified atom stereocenters. The lowest BCUT2D eigenvalue weighted by Gasteiger charge is -2.32. The van der Waals surface area contributed by atoms with Crippen LogP contribution in [0.25, 0.3) is 0 Å². The molecule has 1 atom stereocenters. The highest BCUT2D eigenvalue weighted by atomic mass is 19.2. The van der Waals surface area contributed by atoms with Gasteiger partial charge in [0.05, 0.1) is 5.69 Å². The number of nitrogens with zero attached hydrogens (tertiary/aromatic N) is 1. The Hall–Kier alpha value is -1.23. The Labute approximate surface area is 105 Å². The van der Waals surface area contributed by atoms with E-state index in [9.17, 15) is 13.2 Å². The van der Waals surface area contributed by atoms with Gasteiger partial charge in [-0.25, -0.2) is 13.2 Å². The summed E-state index contributed by atoms with van der Waals surface area (Å²) in [6, 6.07) is 1.75. The third-order valence-corrected chi connectivity index (χ3v) is 3.46. The molecule has 1 N–H and O–H groups in total. The number of hydrogen-bond donors (Lipinski definition) is 1. The molecule has 1 heterocycles. The first-order valence-electron chi connectivity index (χ1n) is 6.16. The molecule has 5 heteroatoms. The van der Waals surface area contributed by atoms with Crippen LogP contribution in [0.15, 0.2) is 12.1 Å². The van der Waals surface area contributed by atoms with E-state index in [1.165, 1.54) is 6.42 Å². The summed E-state index contributed by atoms with van der Waals surface area (Å²) in [4.78, 5) is 2.20. The molecule has 1 aliphatic heterocycles. The van der Waals surface area contributed by atoms with Gasteiger partial charge in [-0.3, -0.25) is 0 Å². The topological polar surface area (TPSA) is 15.3 Å². The Morgan fingerprint density at radius 3 is 2.61 bits per heavy atom. The highest BCUT2D eigenvalue weighted by Gasteiger charge is 2.19. The number of piperidine rings is 1. The summed E-state index contributed by atoms with van der Waals surface area (Å²) in [6.45, 7) is 1.56. The van der Waals surface area contributed by atoms with Crippen molar-refractivity contribution in [1.29, 1.82) is 0 Å². The fourth-order valence-electron chi connectivity index (χ4n) is 2.29. The number of nitrogens with one attached hydrogen (secondary N) is 1. The normalized spacial score (nSPS) is 21.0. The molecular formula is C13H17F3N2. The monoisotopic (exact) mass is 258 g/mol. The predicted octanol–water partition coefficient (Wildman–Crippen LogP) is 3.00. The van der Waals surface area contributed by atoms with Gasteiger partial charge < -0.3 is 10.2 Å². The van der Waals surface area contributed by atoms with E-state index < -0.39 is 17.5 Å². The molecule has 2 nitrogen and oxygen atoms in total. The molecule has 0 aromatic heterocycles. The third-order valence-electron chi connectivity index (χ3n) is 3.46. The molecule has 100 valence electrons. The largest absolute Gasteiger partial charge is 0.381 e. The molecule has 0 radical (unpaired) electrons. The summed E-state index contributed by atoms with van der Waals surface area (Å²) in [6.07, 6.45) is 3.36. The molecule has 2 rings (SSSR count). The number of likely N-dealkylation sites (tertiary alicyclic amines) is 1. The number of hydrogen-bond acceptors (Lipinski definition) is 2. The Morgan fingerprint density at radius 2 is 1.89 bits per heavy atom. The van der Waals surface area contributed by atoms with Crippen molar-refractivity contribution in [2.45, 2.75) is 25.3 Å². The maximum Gasteiger partial charge on any atom is 0.161 e. The quantitative estimate of drug-likeness (QED) is 0.838. The first-order chi connectivity index (χ1) is 8.58. The maximum absolute atomic E-state index is 13.4. The van der Waals surface area contributed by atoms with Crippen molar-refractivity contribution >= 4 is 5.69 Å². The average Bonchev–Trinajstić information content (AvgIpc) is 2.34. The van der Waals surface area contributed by atoms with Gasteiger partial charge in [-0.05, 0) is 26.4 Å². The van der Waals surface area contributed by atoms with E-state index in [1.54, 1.807) is 0 Å². The Morgan fingerprint density at radius 1 is 1.17 bits per heavy atom. The Balaban J connectivity index is 1.99. The lowest BCUT2D eigenvalue weighted by Crippen LogP contribution is -2.40. The van der Waals surface area contributed by atoms with Gasteiger partial charge in [0.15, 0.2) is 11.6 Å². The molecule has 1 saturated heterocycles. The van der Waals surface area contributed by atoms with Crippen LogP contribution >= 0.6 is 0 Å². The molecule has 1 fully saturated rings. The van der Waals surface area contributed by atoms with Gasteiger partial charge in [0, 0.05) is 24.7 Å². The number of likely N-dealkylation sites (N-methyl/N-ethyl adjacent to an activating group) is 1. The second-order valence-corrected chi connectivity index (χ2v) is 4.76. The molecule has 1 aromatic rings. The van der Waals surface area contributed by atoms with Crippen LogP contribution in [0, 0.1) is 17.5 Å². The smallest absolute Gasteiger partial charge is 0.161 e. The molecule has 1 aromatic carbocycles. The van der Waals surface area contributed by atoms with Crippen LogP contribution in [-0.2, 0) is 0 Å². The fourth-order valence-corrected chi connectivity index (χ4v) is 2.29. The molecule has 0 aliphatic carbocycles. The van der Waals surface area contributed by atoms with Crippen molar-refractivity contribution in [2.75, 3.05) is 25.5 Å². The zero-order valence-corrected chi connectivity index (χ0v) is 10.3. The summed E-state index contributed by atoms with van der Waals surface area (Å²) in [5, 5.41) is 2.86. The van der Waals surface area contributed by atoms with Crippen molar-refractivity contribution in [3.63, 3.8) is 0 Å². The second kappa shape index (κ2) is 5.61. The minimum Gasteiger partial charge on any atom is -0.381 e. The van der Waals surface area contributed by atoms with Gasteiger partial charge in [-0.1, -0.05) is 6.42 Å². The van der Waals surface area contributed by atoms with Gasteiger partial charge in [0.25, 0.3) is 0 Å². The standard InChI is InChI=1S/C13H17F3N2/c1-18-5-3-2-4-9(18)8-17-13-7-11(15)10(14)6-12(13)16/h6-7,9,17H,2-5,8H2,1H3. The van der Waals surface area contributed by atoms with Crippen molar-refractivity contribution in [1.82, 2.24) is 4.90 Å². The van der Waals surface area contributed by atoms with Gasteiger partial charge in [-0.15, -0.1) is 0 Å². The highest BCUT2D eigenvalue weighted by molar-refractivity contribution is 5.45. The average molecular weight is 258 g/mol. The second-order valence-electron chi connectivity index (χ2n) is 4.76. The van der Waals surface area contributed by atoms with Crippen LogP contribution in [0.2, 0.25) is 0 Å². The number of benzene rings is 1. The minimum absolute atomic E-state index is 0.0212. The first-order valence-corrected chi connectivity index (χ1v) is 6.16. The summed E-state index contributed by atoms with van der Waals surface area (Å²) in [5.74, 6) is -2.95. The summed E-state index contributed by atoms with van der Waals surface area (Å²) >= 11 is 0. The van der Waals surface area contributed by atoms with Gasteiger partial charge in [0.2, 0.25) is 0 Å². The van der Waals surface area contributed by atoms with Crippen molar-refractivity contribution in [3.8, 4) is 0 Å². The molecule has 0 saturated carbocycles. The van der Waals surface area contributed by atoms with Crippen molar-refractivity contribution < 1.29 is 13.2 Å². The summed E-state index contributed by atoms with van der Waals surface area (Å²) < 4.78 is 39.2. The minimum atomic E-state index is -1.16. The van der Waals surface area contributed by atoms with E-state index in [0.29, 0.717) is 18.7 Å². The van der Waals surface area contributed by atoms with Crippen LogP contribution in [-0.4, -0.2) is 31.1 Å². The zero-order chi connectivity index (χ0) is 13.1. The number of anilines is 1. The van der Waals surface area contributed by atoms with Crippen LogP contribution in [0.4, 0.5) is 18.9 Å². The zero-order valence-electron chi connectivity index (χ0n) is 10.3. The summed E-state index contributed by atoms with van der Waals surface area (Å²) in [5.41, 5.74) is 0.0212. The van der Waals surface area contributed by atoms with E-state index in [1.807, 2.05) is 7.05 Å². The van der Waals surface area contributed by atoms with Crippen LogP contribution < -0.4 is 5.32 Å². The number of rotatable bonds is 3. The molecular weight excluding hydrogens is 241 g/mol. The fraction of sp³-hybridized carbons (Fsp3) is 0.538. The van der Waals surface area contributed by atoms with Crippen LogP contribution in [0.5, 0.6) is 0 Å². The molecule has 0 spiro atoms.